The van der Waals surface area contributed by atoms with E-state index in [2.05, 4.69) is 19.1 Å². The second kappa shape index (κ2) is 13.1. The van der Waals surface area contributed by atoms with Crippen LogP contribution in [0.4, 0.5) is 0 Å². The molecule has 0 spiro atoms. The Hall–Kier alpha value is -2.87. The number of carbonyl (C=O) groups excluding carboxylic acids is 2. The Morgan fingerprint density at radius 2 is 1.86 bits per heavy atom. The molecule has 1 amide bonds. The number of benzene rings is 2. The number of nitrogens with zero attached hydrogens (tertiary/aromatic N) is 1. The van der Waals surface area contributed by atoms with Gasteiger partial charge in [0.25, 0.3) is 0 Å². The number of halogens is 1. The summed E-state index contributed by atoms with van der Waals surface area (Å²) in [7, 11) is 0. The summed E-state index contributed by atoms with van der Waals surface area (Å²) in [6.07, 6.45) is 2.61. The second-order valence-corrected chi connectivity index (χ2v) is 10.7. The molecule has 0 aliphatic carbocycles. The van der Waals surface area contributed by atoms with E-state index in [0.29, 0.717) is 29.9 Å². The molecule has 1 fully saturated rings. The topological polar surface area (TPSA) is 117 Å². The van der Waals surface area contributed by atoms with Gasteiger partial charge in [0.15, 0.2) is 17.3 Å². The highest BCUT2D eigenvalue weighted by Gasteiger charge is 2.38. The lowest BCUT2D eigenvalue weighted by molar-refractivity contribution is -0.118. The molecule has 1 heterocycles. The fourth-order valence-corrected chi connectivity index (χ4v) is 4.92. The zero-order valence-electron chi connectivity index (χ0n) is 22.3. The van der Waals surface area contributed by atoms with Crippen LogP contribution in [0.3, 0.4) is 0 Å². The first-order valence-electron chi connectivity index (χ1n) is 12.7. The molecular weight excluding hydrogens is 534 g/mol. The average Bonchev–Trinajstić information content (AvgIpc) is 3.11. The van der Waals surface area contributed by atoms with Gasteiger partial charge in [-0.05, 0) is 41.9 Å². The van der Waals surface area contributed by atoms with Gasteiger partial charge in [-0.25, -0.2) is 0 Å². The number of amides is 1. The van der Waals surface area contributed by atoms with Crippen LogP contribution in [0.2, 0.25) is 0 Å². The number of primary amides is 1. The molecule has 3 rings (SSSR count). The molecule has 0 radical (unpaired) electrons. The quantitative estimate of drug-likeness (QED) is 0.239. The lowest BCUT2D eigenvalue weighted by Gasteiger charge is -2.24. The molecule has 7 nitrogen and oxygen atoms in total. The molecule has 0 saturated carbocycles. The molecule has 202 valence electrons. The number of ether oxygens (including phenoxy) is 1. The van der Waals surface area contributed by atoms with Gasteiger partial charge in [-0.3, -0.25) is 15.0 Å². The number of ketones is 1. The number of amidine groups is 1. The largest absolute Gasteiger partial charge is 0.504 e. The third kappa shape index (κ3) is 7.57. The van der Waals surface area contributed by atoms with Crippen molar-refractivity contribution in [3.63, 3.8) is 0 Å². The molecular formula is C29H40BrN3O4. The van der Waals surface area contributed by atoms with E-state index in [9.17, 15) is 14.7 Å². The minimum Gasteiger partial charge on any atom is -0.504 e. The first-order valence-corrected chi connectivity index (χ1v) is 12.7. The predicted octanol–water partition coefficient (Wildman–Crippen LogP) is 5.59. The molecule has 1 aliphatic heterocycles. The number of nitrogens with two attached hydrogens (primary N) is 1. The summed E-state index contributed by atoms with van der Waals surface area (Å²) in [6, 6.07) is 13.4. The summed E-state index contributed by atoms with van der Waals surface area (Å²) < 4.78 is 5.76. The first kappa shape index (κ1) is 30.4. The van der Waals surface area contributed by atoms with Crippen molar-refractivity contribution < 1.29 is 19.4 Å². The van der Waals surface area contributed by atoms with Crippen LogP contribution in [0, 0.1) is 11.3 Å². The minimum atomic E-state index is -0.420. The molecule has 2 unspecified atom stereocenters. The summed E-state index contributed by atoms with van der Waals surface area (Å²) in [4.78, 5) is 26.4. The van der Waals surface area contributed by atoms with Gasteiger partial charge >= 0.3 is 0 Å². The molecule has 2 aromatic rings. The zero-order valence-corrected chi connectivity index (χ0v) is 24.0. The fourth-order valence-electron chi connectivity index (χ4n) is 4.92. The van der Waals surface area contributed by atoms with Gasteiger partial charge in [-0.1, -0.05) is 64.4 Å². The van der Waals surface area contributed by atoms with Crippen LogP contribution in [0.1, 0.15) is 80.8 Å². The van der Waals surface area contributed by atoms with Gasteiger partial charge in [-0.15, -0.1) is 17.0 Å². The van der Waals surface area contributed by atoms with Crippen molar-refractivity contribution in [2.75, 3.05) is 19.7 Å². The number of phenols is 1. The fraction of sp³-hybridized carbons (Fsp3) is 0.483. The standard InChI is InChI=1S/C29H39N3O4.BrH/c1-5-10-20-17-32(28(31)26(20)19-11-7-6-8-12-19)18-23(33)21-15-22(29(2,3)4)27(35)24(16-21)36-14-9-13-25(30)34;/h6-8,11-12,15-16,20,26,31,35H,5,9-10,13-14,17-18H2,1-4H3,(H2,30,34);1H. The van der Waals surface area contributed by atoms with Crippen molar-refractivity contribution in [2.45, 2.75) is 64.7 Å². The van der Waals surface area contributed by atoms with Gasteiger partial charge in [0.2, 0.25) is 5.91 Å². The van der Waals surface area contributed by atoms with Gasteiger partial charge in [0.1, 0.15) is 5.84 Å². The van der Waals surface area contributed by atoms with E-state index >= 15 is 0 Å². The minimum absolute atomic E-state index is 0. The van der Waals surface area contributed by atoms with E-state index in [1.165, 1.54) is 0 Å². The van der Waals surface area contributed by atoms with E-state index in [-0.39, 0.29) is 65.7 Å². The number of hydrogen-bond acceptors (Lipinski definition) is 5. The number of carbonyl (C=O) groups is 2. The van der Waals surface area contributed by atoms with Crippen LogP contribution < -0.4 is 10.5 Å². The number of likely N-dealkylation sites (tertiary alicyclic amines) is 1. The molecule has 0 bridgehead atoms. The van der Waals surface area contributed by atoms with Gasteiger partial charge in [0.05, 0.1) is 13.2 Å². The van der Waals surface area contributed by atoms with Crippen LogP contribution in [0.5, 0.6) is 11.5 Å². The molecule has 1 saturated heterocycles. The number of nitrogens with one attached hydrogen (secondary N) is 1. The summed E-state index contributed by atoms with van der Waals surface area (Å²) in [5.74, 6) is 0.420. The van der Waals surface area contributed by atoms with Crippen LogP contribution >= 0.6 is 17.0 Å². The highest BCUT2D eigenvalue weighted by atomic mass is 79.9. The van der Waals surface area contributed by atoms with Crippen molar-refractivity contribution in [1.29, 1.82) is 5.41 Å². The lowest BCUT2D eigenvalue weighted by Crippen LogP contribution is -2.32. The number of hydrogen-bond donors (Lipinski definition) is 3. The average molecular weight is 575 g/mol. The Bertz CT molecular complexity index is 1100. The molecule has 0 aromatic heterocycles. The van der Waals surface area contributed by atoms with Crippen molar-refractivity contribution >= 4 is 34.5 Å². The van der Waals surface area contributed by atoms with E-state index < -0.39 is 11.3 Å². The molecule has 2 aromatic carbocycles. The Balaban J connectivity index is 0.00000481. The summed E-state index contributed by atoms with van der Waals surface area (Å²) in [5.41, 5.74) is 6.94. The maximum atomic E-state index is 13.5. The van der Waals surface area contributed by atoms with Crippen LogP contribution in [-0.4, -0.2) is 47.2 Å². The van der Waals surface area contributed by atoms with Crippen LogP contribution in [-0.2, 0) is 10.2 Å². The Morgan fingerprint density at radius 1 is 1.19 bits per heavy atom. The number of aromatic hydroxyl groups is 1. The molecule has 4 N–H and O–H groups in total. The normalized spacial score (nSPS) is 17.4. The van der Waals surface area contributed by atoms with Crippen molar-refractivity contribution in [3.05, 3.63) is 59.2 Å². The van der Waals surface area contributed by atoms with Gasteiger partial charge in [0, 0.05) is 30.0 Å². The predicted molar refractivity (Wildman–Crippen MR) is 152 cm³/mol. The maximum absolute atomic E-state index is 13.5. The second-order valence-electron chi connectivity index (χ2n) is 10.7. The summed E-state index contributed by atoms with van der Waals surface area (Å²) in [6.45, 7) is 8.99. The summed E-state index contributed by atoms with van der Waals surface area (Å²) >= 11 is 0. The molecule has 8 heteroatoms. The van der Waals surface area contributed by atoms with E-state index in [1.54, 1.807) is 12.1 Å². The van der Waals surface area contributed by atoms with Crippen LogP contribution in [0.15, 0.2) is 42.5 Å². The van der Waals surface area contributed by atoms with Crippen molar-refractivity contribution in [1.82, 2.24) is 4.90 Å². The maximum Gasteiger partial charge on any atom is 0.217 e. The smallest absolute Gasteiger partial charge is 0.217 e. The Morgan fingerprint density at radius 3 is 2.46 bits per heavy atom. The number of rotatable bonds is 11. The first-order chi connectivity index (χ1) is 17.0. The van der Waals surface area contributed by atoms with E-state index in [0.717, 1.165) is 18.4 Å². The van der Waals surface area contributed by atoms with Gasteiger partial charge < -0.3 is 20.5 Å². The monoisotopic (exact) mass is 573 g/mol. The third-order valence-electron chi connectivity index (χ3n) is 6.74. The summed E-state index contributed by atoms with van der Waals surface area (Å²) in [5, 5.41) is 19.7. The number of Topliss-reactive ketones (excluding diaryl/α,β-unsaturated/α-hetero) is 1. The van der Waals surface area contributed by atoms with E-state index in [4.69, 9.17) is 15.9 Å². The molecule has 2 atom stereocenters. The number of phenolic OH excluding ortho intramolecular Hbond substituents is 1. The Kier molecular flexibility index (Phi) is 10.7. The van der Waals surface area contributed by atoms with E-state index in [1.807, 2.05) is 43.9 Å². The Labute approximate surface area is 230 Å². The van der Waals surface area contributed by atoms with Crippen molar-refractivity contribution in [2.24, 2.45) is 11.7 Å². The zero-order chi connectivity index (χ0) is 26.5. The van der Waals surface area contributed by atoms with Crippen LogP contribution in [0.25, 0.3) is 0 Å². The highest BCUT2D eigenvalue weighted by Crippen LogP contribution is 2.40. The lowest BCUT2D eigenvalue weighted by atomic mass is 9.84. The highest BCUT2D eigenvalue weighted by molar-refractivity contribution is 8.93. The third-order valence-corrected chi connectivity index (χ3v) is 6.74. The van der Waals surface area contributed by atoms with Gasteiger partial charge in [-0.2, -0.15) is 0 Å². The van der Waals surface area contributed by atoms with Crippen molar-refractivity contribution in [3.8, 4) is 11.5 Å². The molecule has 37 heavy (non-hydrogen) atoms. The SMILES string of the molecule is Br.CCCC1CN(CC(=O)c2cc(OCCCC(N)=O)c(O)c(C(C)(C)C)c2)C(=N)C1c1ccccc1. The molecule has 1 aliphatic rings.